The van der Waals surface area contributed by atoms with E-state index in [1.54, 1.807) is 6.07 Å². The van der Waals surface area contributed by atoms with Crippen LogP contribution < -0.4 is 0 Å². The molecule has 5 nitrogen and oxygen atoms in total. The minimum absolute atomic E-state index is 0.276. The van der Waals surface area contributed by atoms with Gasteiger partial charge < -0.3 is 18.6 Å². The number of hydrogen-bond donors (Lipinski definition) is 0. The van der Waals surface area contributed by atoms with Crippen molar-refractivity contribution in [2.45, 2.75) is 38.9 Å². The van der Waals surface area contributed by atoms with Crippen LogP contribution in [0.4, 0.5) is 0 Å². The van der Waals surface area contributed by atoms with Crippen molar-refractivity contribution >= 4 is 18.9 Å². The van der Waals surface area contributed by atoms with Gasteiger partial charge in [0, 0.05) is 25.1 Å². The van der Waals surface area contributed by atoms with Crippen LogP contribution in [0.1, 0.15) is 43.8 Å². The monoisotopic (exact) mass is 291 g/mol. The van der Waals surface area contributed by atoms with E-state index in [2.05, 4.69) is 0 Å². The summed E-state index contributed by atoms with van der Waals surface area (Å²) in [5, 5.41) is 0. The van der Waals surface area contributed by atoms with E-state index >= 15 is 0 Å². The minimum atomic E-state index is -0.547. The Labute approximate surface area is 126 Å². The predicted molar refractivity (Wildman–Crippen MR) is 81.8 cm³/mol. The van der Waals surface area contributed by atoms with Crippen molar-refractivity contribution in [2.75, 3.05) is 14.1 Å². The van der Waals surface area contributed by atoms with Crippen LogP contribution in [0.25, 0.3) is 5.47 Å². The lowest BCUT2D eigenvalue weighted by Crippen LogP contribution is -2.41. The molecule has 0 N–H and O–H groups in total. The van der Waals surface area contributed by atoms with Crippen LogP contribution in [0.15, 0.2) is 22.9 Å². The molecule has 2 heterocycles. The first-order chi connectivity index (χ1) is 9.68. The zero-order valence-corrected chi connectivity index (χ0v) is 13.5. The number of carbonyl (C=O) groups is 1. The zero-order chi connectivity index (χ0) is 15.8. The molecular formula is C15H22BNO4. The summed E-state index contributed by atoms with van der Waals surface area (Å²) in [6.07, 6.45) is 4.08. The number of rotatable bonds is 4. The Morgan fingerprint density at radius 1 is 1.19 bits per heavy atom. The summed E-state index contributed by atoms with van der Waals surface area (Å²) >= 11 is 0. The average molecular weight is 291 g/mol. The largest absolute Gasteiger partial charge is 0.497 e. The van der Waals surface area contributed by atoms with Crippen LogP contribution in [0.3, 0.4) is 0 Å². The van der Waals surface area contributed by atoms with Gasteiger partial charge in [-0.3, -0.25) is 4.79 Å². The Hall–Kier alpha value is -1.53. The van der Waals surface area contributed by atoms with Crippen molar-refractivity contribution in [3.63, 3.8) is 0 Å². The fourth-order valence-electron chi connectivity index (χ4n) is 2.16. The Kier molecular flexibility index (Phi) is 4.04. The number of carbonyl (C=O) groups excluding carboxylic acids is 1. The second-order valence-electron chi connectivity index (χ2n) is 6.45. The number of furan rings is 1. The summed E-state index contributed by atoms with van der Waals surface area (Å²) in [6.45, 7) is 7.99. The maximum atomic E-state index is 11.1. The molecule has 2 rings (SSSR count). The molecule has 0 saturated carbocycles. The second kappa shape index (κ2) is 5.35. The Morgan fingerprint density at radius 3 is 2.24 bits per heavy atom. The molecule has 0 atom stereocenters. The molecule has 6 heteroatoms. The van der Waals surface area contributed by atoms with Gasteiger partial charge in [0.1, 0.15) is 0 Å². The van der Waals surface area contributed by atoms with E-state index in [0.29, 0.717) is 11.8 Å². The molecule has 1 fully saturated rings. The molecule has 1 aliphatic rings. The molecule has 0 radical (unpaired) electrons. The van der Waals surface area contributed by atoms with Gasteiger partial charge in [0.25, 0.3) is 0 Å². The SMILES string of the molecule is CN(C)/C=C(/B1OC(C)(C)C(C)(C)O1)c1ccoc1C=O. The highest BCUT2D eigenvalue weighted by molar-refractivity contribution is 6.69. The highest BCUT2D eigenvalue weighted by Crippen LogP contribution is 2.41. The first-order valence-electron chi connectivity index (χ1n) is 6.95. The van der Waals surface area contributed by atoms with Gasteiger partial charge in [-0.2, -0.15) is 0 Å². The van der Waals surface area contributed by atoms with Crippen molar-refractivity contribution in [1.29, 1.82) is 0 Å². The molecule has 1 aliphatic heterocycles. The summed E-state index contributed by atoms with van der Waals surface area (Å²) in [6, 6.07) is 1.75. The van der Waals surface area contributed by atoms with Crippen molar-refractivity contribution in [1.82, 2.24) is 4.90 Å². The van der Waals surface area contributed by atoms with Crippen LogP contribution in [0.5, 0.6) is 0 Å². The number of nitrogens with zero attached hydrogens (tertiary/aromatic N) is 1. The first-order valence-corrected chi connectivity index (χ1v) is 6.95. The van der Waals surface area contributed by atoms with Gasteiger partial charge in [0.2, 0.25) is 0 Å². The number of aldehydes is 1. The predicted octanol–water partition coefficient (Wildman–Crippen LogP) is 2.63. The molecule has 1 aromatic rings. The lowest BCUT2D eigenvalue weighted by atomic mass is 9.74. The Morgan fingerprint density at radius 2 is 1.76 bits per heavy atom. The van der Waals surface area contributed by atoms with Crippen LogP contribution in [0.2, 0.25) is 0 Å². The highest BCUT2D eigenvalue weighted by Gasteiger charge is 2.53. The van der Waals surface area contributed by atoms with Crippen LogP contribution in [-0.4, -0.2) is 43.6 Å². The van der Waals surface area contributed by atoms with Gasteiger partial charge in [-0.15, -0.1) is 0 Å². The topological polar surface area (TPSA) is 51.9 Å². The normalized spacial score (nSPS) is 20.7. The molecule has 0 spiro atoms. The highest BCUT2D eigenvalue weighted by atomic mass is 16.7. The quantitative estimate of drug-likeness (QED) is 0.630. The average Bonchev–Trinajstić information content (AvgIpc) is 2.89. The fourth-order valence-corrected chi connectivity index (χ4v) is 2.16. The van der Waals surface area contributed by atoms with Gasteiger partial charge in [-0.1, -0.05) is 0 Å². The molecule has 0 amide bonds. The van der Waals surface area contributed by atoms with Crippen molar-refractivity contribution in [2.24, 2.45) is 0 Å². The lowest BCUT2D eigenvalue weighted by molar-refractivity contribution is 0.00578. The van der Waals surface area contributed by atoms with Gasteiger partial charge >= 0.3 is 7.12 Å². The first kappa shape index (κ1) is 15.9. The Balaban J connectivity index is 2.43. The van der Waals surface area contributed by atoms with E-state index in [-0.39, 0.29) is 5.76 Å². The standard InChI is InChI=1S/C15H22BNO4/c1-14(2)15(3,4)21-16(20-14)12(9-17(5)6)11-7-8-19-13(11)10-18/h7-10H,1-6H3/b12-9+. The molecule has 1 saturated heterocycles. The van der Waals surface area contributed by atoms with Gasteiger partial charge in [0.05, 0.1) is 17.5 Å². The van der Waals surface area contributed by atoms with E-state index in [4.69, 9.17) is 13.7 Å². The Bertz CT molecular complexity index is 544. The maximum Gasteiger partial charge on any atom is 0.497 e. The van der Waals surface area contributed by atoms with E-state index in [1.807, 2.05) is 52.9 Å². The fraction of sp³-hybridized carbons (Fsp3) is 0.533. The van der Waals surface area contributed by atoms with Crippen LogP contribution in [0, 0.1) is 0 Å². The molecule has 0 aliphatic carbocycles. The van der Waals surface area contributed by atoms with E-state index < -0.39 is 18.3 Å². The maximum absolute atomic E-state index is 11.1. The van der Waals surface area contributed by atoms with Gasteiger partial charge in [-0.25, -0.2) is 0 Å². The lowest BCUT2D eigenvalue weighted by Gasteiger charge is -2.32. The number of hydrogen-bond acceptors (Lipinski definition) is 5. The molecular weight excluding hydrogens is 269 g/mol. The summed E-state index contributed by atoms with van der Waals surface area (Å²) in [4.78, 5) is 13.0. The minimum Gasteiger partial charge on any atom is -0.461 e. The van der Waals surface area contributed by atoms with E-state index in [0.717, 1.165) is 5.47 Å². The summed E-state index contributed by atoms with van der Waals surface area (Å²) in [7, 11) is 3.27. The summed E-state index contributed by atoms with van der Waals surface area (Å²) in [5.41, 5.74) is 0.592. The molecule has 0 aromatic carbocycles. The zero-order valence-electron chi connectivity index (χ0n) is 13.5. The third-order valence-corrected chi connectivity index (χ3v) is 4.02. The van der Waals surface area contributed by atoms with Crippen molar-refractivity contribution < 1.29 is 18.5 Å². The summed E-state index contributed by atoms with van der Waals surface area (Å²) < 4.78 is 17.4. The van der Waals surface area contributed by atoms with Gasteiger partial charge in [-0.05, 0) is 40.0 Å². The molecule has 0 bridgehead atoms. The van der Waals surface area contributed by atoms with E-state index in [1.165, 1.54) is 6.26 Å². The molecule has 114 valence electrons. The molecule has 0 unspecified atom stereocenters. The summed E-state index contributed by atoms with van der Waals surface area (Å²) in [5.74, 6) is 0.276. The molecule has 1 aromatic heterocycles. The third-order valence-electron chi connectivity index (χ3n) is 4.02. The van der Waals surface area contributed by atoms with Gasteiger partial charge in [0.15, 0.2) is 12.0 Å². The second-order valence-corrected chi connectivity index (χ2v) is 6.45. The third kappa shape index (κ3) is 2.92. The van der Waals surface area contributed by atoms with Crippen molar-refractivity contribution in [3.05, 3.63) is 29.9 Å². The van der Waals surface area contributed by atoms with Crippen LogP contribution >= 0.6 is 0 Å². The smallest absolute Gasteiger partial charge is 0.461 e. The van der Waals surface area contributed by atoms with E-state index in [9.17, 15) is 4.79 Å². The van der Waals surface area contributed by atoms with Crippen molar-refractivity contribution in [3.8, 4) is 0 Å². The molecule has 21 heavy (non-hydrogen) atoms. The van der Waals surface area contributed by atoms with Crippen LogP contribution in [-0.2, 0) is 9.31 Å².